The van der Waals surface area contributed by atoms with Crippen molar-refractivity contribution in [1.29, 1.82) is 0 Å². The fourth-order valence-corrected chi connectivity index (χ4v) is 4.44. The lowest BCUT2D eigenvalue weighted by atomic mass is 9.60. The number of halogens is 4. The summed E-state index contributed by atoms with van der Waals surface area (Å²) in [5.41, 5.74) is -1.50. The number of aryl methyl sites for hydroxylation is 1. The Hall–Kier alpha value is -3.03. The van der Waals surface area contributed by atoms with E-state index in [9.17, 15) is 32.6 Å². The second-order valence-corrected chi connectivity index (χ2v) is 8.20. The first-order valence-electron chi connectivity index (χ1n) is 9.37. The Morgan fingerprint density at radius 3 is 2.40 bits per heavy atom. The largest absolute Gasteiger partial charge is 0.508 e. The predicted molar refractivity (Wildman–Crippen MR) is 102 cm³/mol. The number of phenolic OH excluding ortho intramolecular Hbond substituents is 1. The second kappa shape index (κ2) is 6.48. The van der Waals surface area contributed by atoms with E-state index in [4.69, 9.17) is 0 Å². The fraction of sp³-hybridized carbons (Fsp3) is 0.318. The van der Waals surface area contributed by atoms with Gasteiger partial charge in [0.25, 0.3) is 0 Å². The lowest BCUT2D eigenvalue weighted by Gasteiger charge is -2.42. The molecular formula is C22H19F4NO3. The molecule has 0 saturated heterocycles. The van der Waals surface area contributed by atoms with E-state index in [1.165, 1.54) is 44.2 Å². The van der Waals surface area contributed by atoms with Crippen molar-refractivity contribution in [2.24, 2.45) is 5.41 Å². The number of carbonyl (C=O) groups is 1. The van der Waals surface area contributed by atoms with Crippen molar-refractivity contribution in [3.8, 4) is 11.4 Å². The number of carboxylic acid groups (broad SMARTS) is 1. The molecule has 0 bridgehead atoms. The maximum Gasteiger partial charge on any atom is 0.432 e. The van der Waals surface area contributed by atoms with Gasteiger partial charge in [0.1, 0.15) is 17.3 Å². The normalized spacial score (nSPS) is 21.6. The Morgan fingerprint density at radius 1 is 1.17 bits per heavy atom. The van der Waals surface area contributed by atoms with Crippen molar-refractivity contribution in [3.63, 3.8) is 0 Å². The van der Waals surface area contributed by atoms with Crippen LogP contribution < -0.4 is 0 Å². The highest BCUT2D eigenvalue weighted by Crippen LogP contribution is 2.56. The van der Waals surface area contributed by atoms with E-state index in [1.807, 2.05) is 0 Å². The highest BCUT2D eigenvalue weighted by molar-refractivity contribution is 5.90. The SMILES string of the molecule is Cc1cc(-n2c(C(F)(F)F)c([C@H]3C[C@](C)(C(=O)O)C3)c3cc(O)ccc32)ccc1F. The molecule has 2 aromatic carbocycles. The third-order valence-electron chi connectivity index (χ3n) is 5.98. The summed E-state index contributed by atoms with van der Waals surface area (Å²) in [6, 6.07) is 7.67. The van der Waals surface area contributed by atoms with Crippen LogP contribution in [-0.4, -0.2) is 20.7 Å². The molecule has 158 valence electrons. The zero-order valence-corrected chi connectivity index (χ0v) is 16.2. The molecule has 1 fully saturated rings. The minimum atomic E-state index is -4.75. The summed E-state index contributed by atoms with van der Waals surface area (Å²) in [5.74, 6) is -2.40. The summed E-state index contributed by atoms with van der Waals surface area (Å²) in [7, 11) is 0. The number of rotatable bonds is 3. The molecule has 0 spiro atoms. The van der Waals surface area contributed by atoms with Crippen LogP contribution in [0.15, 0.2) is 36.4 Å². The van der Waals surface area contributed by atoms with E-state index in [1.54, 1.807) is 0 Å². The van der Waals surface area contributed by atoms with Crippen molar-refractivity contribution in [1.82, 2.24) is 4.57 Å². The number of hydrogen-bond donors (Lipinski definition) is 2. The third-order valence-corrected chi connectivity index (χ3v) is 5.98. The molecule has 4 rings (SSSR count). The summed E-state index contributed by atoms with van der Waals surface area (Å²) in [4.78, 5) is 11.5. The molecule has 3 aromatic rings. The van der Waals surface area contributed by atoms with Crippen LogP contribution in [0.1, 0.15) is 42.5 Å². The van der Waals surface area contributed by atoms with Crippen molar-refractivity contribution >= 4 is 16.9 Å². The number of carboxylic acids is 1. The van der Waals surface area contributed by atoms with Gasteiger partial charge in [-0.25, -0.2) is 4.39 Å². The molecule has 0 unspecified atom stereocenters. The molecule has 4 nitrogen and oxygen atoms in total. The van der Waals surface area contributed by atoms with Crippen molar-refractivity contribution in [2.75, 3.05) is 0 Å². The number of aliphatic carboxylic acids is 1. The van der Waals surface area contributed by atoms with Gasteiger partial charge < -0.3 is 14.8 Å². The molecule has 1 aliphatic rings. The fourth-order valence-electron chi connectivity index (χ4n) is 4.44. The standard InChI is InChI=1S/C22H19F4NO3/c1-11-7-13(3-5-16(11)23)27-17-6-4-14(28)8-15(17)18(19(27)22(24,25)26)12-9-21(2,10-12)20(29)30/h3-8,12,28H,9-10H2,1-2H3,(H,29,30)/t12-,21-. The Morgan fingerprint density at radius 2 is 1.83 bits per heavy atom. The number of benzene rings is 2. The van der Waals surface area contributed by atoms with Gasteiger partial charge in [0.2, 0.25) is 0 Å². The first-order valence-corrected chi connectivity index (χ1v) is 9.37. The van der Waals surface area contributed by atoms with Crippen LogP contribution >= 0.6 is 0 Å². The average molecular weight is 421 g/mol. The van der Waals surface area contributed by atoms with Crippen LogP contribution in [-0.2, 0) is 11.0 Å². The summed E-state index contributed by atoms with van der Waals surface area (Å²) in [5, 5.41) is 19.5. The van der Waals surface area contributed by atoms with E-state index in [0.29, 0.717) is 0 Å². The molecule has 0 radical (unpaired) electrons. The smallest absolute Gasteiger partial charge is 0.432 e. The Balaban J connectivity index is 2.03. The topological polar surface area (TPSA) is 62.5 Å². The van der Waals surface area contributed by atoms with E-state index in [0.717, 1.165) is 10.6 Å². The molecule has 2 N–H and O–H groups in total. The van der Waals surface area contributed by atoms with Gasteiger partial charge in [-0.1, -0.05) is 0 Å². The summed E-state index contributed by atoms with van der Waals surface area (Å²) < 4.78 is 57.7. The van der Waals surface area contributed by atoms with Crippen molar-refractivity contribution in [2.45, 2.75) is 38.8 Å². The van der Waals surface area contributed by atoms with Crippen molar-refractivity contribution < 1.29 is 32.6 Å². The Labute approximate surface area is 169 Å². The van der Waals surface area contributed by atoms with Gasteiger partial charge in [-0.2, -0.15) is 13.2 Å². The van der Waals surface area contributed by atoms with Gasteiger partial charge in [0.15, 0.2) is 0 Å². The summed E-state index contributed by atoms with van der Waals surface area (Å²) >= 11 is 0. The monoisotopic (exact) mass is 421 g/mol. The molecule has 0 amide bonds. The average Bonchev–Trinajstić information content (AvgIpc) is 2.95. The Bertz CT molecular complexity index is 1170. The maximum absolute atomic E-state index is 14.3. The number of alkyl halides is 3. The van der Waals surface area contributed by atoms with Gasteiger partial charge in [-0.15, -0.1) is 0 Å². The van der Waals surface area contributed by atoms with Crippen LogP contribution in [0, 0.1) is 18.2 Å². The number of aromatic hydroxyl groups is 1. The van der Waals surface area contributed by atoms with Gasteiger partial charge in [0.05, 0.1) is 10.9 Å². The van der Waals surface area contributed by atoms with Crippen LogP contribution in [0.4, 0.5) is 17.6 Å². The van der Waals surface area contributed by atoms with Gasteiger partial charge in [-0.05, 0) is 80.1 Å². The second-order valence-electron chi connectivity index (χ2n) is 8.20. The van der Waals surface area contributed by atoms with Crippen LogP contribution in [0.5, 0.6) is 5.75 Å². The zero-order valence-electron chi connectivity index (χ0n) is 16.2. The van der Waals surface area contributed by atoms with E-state index in [2.05, 4.69) is 0 Å². The third kappa shape index (κ3) is 3.02. The van der Waals surface area contributed by atoms with Crippen LogP contribution in [0.3, 0.4) is 0 Å². The molecule has 30 heavy (non-hydrogen) atoms. The number of aromatic nitrogens is 1. The predicted octanol–water partition coefficient (Wildman–Crippen LogP) is 5.77. The maximum atomic E-state index is 14.3. The van der Waals surface area contributed by atoms with E-state index < -0.39 is 35.0 Å². The quantitative estimate of drug-likeness (QED) is 0.528. The lowest BCUT2D eigenvalue weighted by Crippen LogP contribution is -2.40. The minimum Gasteiger partial charge on any atom is -0.508 e. The molecule has 1 heterocycles. The minimum absolute atomic E-state index is 0.0332. The molecule has 1 aliphatic carbocycles. The van der Waals surface area contributed by atoms with Crippen LogP contribution in [0.25, 0.3) is 16.6 Å². The van der Waals surface area contributed by atoms with E-state index >= 15 is 0 Å². The molecule has 0 aliphatic heterocycles. The zero-order chi connectivity index (χ0) is 22.0. The highest BCUT2D eigenvalue weighted by atomic mass is 19.4. The van der Waals surface area contributed by atoms with Gasteiger partial charge in [0, 0.05) is 11.1 Å². The Kier molecular flexibility index (Phi) is 4.38. The van der Waals surface area contributed by atoms with E-state index in [-0.39, 0.29) is 46.3 Å². The molecular weight excluding hydrogens is 402 g/mol. The summed E-state index contributed by atoms with van der Waals surface area (Å²) in [6.07, 6.45) is -4.63. The molecule has 8 heteroatoms. The number of fused-ring (bicyclic) bond motifs is 1. The van der Waals surface area contributed by atoms with Gasteiger partial charge >= 0.3 is 12.1 Å². The highest BCUT2D eigenvalue weighted by Gasteiger charge is 2.51. The number of hydrogen-bond acceptors (Lipinski definition) is 2. The number of nitrogens with zero attached hydrogens (tertiary/aromatic N) is 1. The van der Waals surface area contributed by atoms with Crippen LogP contribution in [0.2, 0.25) is 0 Å². The van der Waals surface area contributed by atoms with Gasteiger partial charge in [-0.3, -0.25) is 4.79 Å². The number of phenols is 1. The molecule has 0 atom stereocenters. The first kappa shape index (κ1) is 20.3. The molecule has 1 saturated carbocycles. The lowest BCUT2D eigenvalue weighted by molar-refractivity contribution is -0.154. The summed E-state index contributed by atoms with van der Waals surface area (Å²) in [6.45, 7) is 2.98. The first-order chi connectivity index (χ1) is 13.9. The van der Waals surface area contributed by atoms with Crippen molar-refractivity contribution in [3.05, 3.63) is 59.0 Å². The molecule has 1 aromatic heterocycles.